The fraction of sp³-hybridized carbons (Fsp3) is 0.400. The Kier molecular flexibility index (Phi) is 5.11. The highest BCUT2D eigenvalue weighted by atomic mass is 32.2. The van der Waals surface area contributed by atoms with Crippen molar-refractivity contribution in [1.29, 1.82) is 0 Å². The maximum Gasteiger partial charge on any atom is 0.238 e. The first-order valence-corrected chi connectivity index (χ1v) is 11.8. The summed E-state index contributed by atoms with van der Waals surface area (Å²) in [6.45, 7) is 4.95. The van der Waals surface area contributed by atoms with Gasteiger partial charge in [-0.2, -0.15) is 0 Å². The summed E-state index contributed by atoms with van der Waals surface area (Å²) < 4.78 is 22.7. The first-order valence-electron chi connectivity index (χ1n) is 9.46. The molecule has 6 nitrogen and oxygen atoms in total. The van der Waals surface area contributed by atoms with Crippen molar-refractivity contribution >= 4 is 37.4 Å². The molecule has 2 aromatic heterocycles. The molecular formula is C20H24N4O2S2. The van der Waals surface area contributed by atoms with Crippen molar-refractivity contribution < 1.29 is 8.42 Å². The van der Waals surface area contributed by atoms with Crippen LogP contribution in [0.1, 0.15) is 35.2 Å². The van der Waals surface area contributed by atoms with Crippen LogP contribution in [0.2, 0.25) is 0 Å². The van der Waals surface area contributed by atoms with Gasteiger partial charge in [-0.25, -0.2) is 23.5 Å². The maximum atomic E-state index is 11.4. The number of thiophene rings is 1. The smallest absolute Gasteiger partial charge is 0.238 e. The van der Waals surface area contributed by atoms with Crippen LogP contribution < -0.4 is 10.5 Å². The van der Waals surface area contributed by atoms with E-state index in [4.69, 9.17) is 5.14 Å². The third-order valence-corrected chi connectivity index (χ3v) is 7.30. The number of nitrogens with one attached hydrogen (secondary N) is 1. The summed E-state index contributed by atoms with van der Waals surface area (Å²) in [6, 6.07) is 6.70. The zero-order valence-corrected chi connectivity index (χ0v) is 17.7. The van der Waals surface area contributed by atoms with Gasteiger partial charge >= 0.3 is 0 Å². The molecule has 0 bridgehead atoms. The van der Waals surface area contributed by atoms with Crippen LogP contribution in [-0.4, -0.2) is 24.9 Å². The fourth-order valence-corrected chi connectivity index (χ4v) is 5.69. The number of aryl methyl sites for hydroxylation is 2. The van der Waals surface area contributed by atoms with E-state index < -0.39 is 10.0 Å². The molecule has 0 radical (unpaired) electrons. The van der Waals surface area contributed by atoms with E-state index in [2.05, 4.69) is 22.2 Å². The summed E-state index contributed by atoms with van der Waals surface area (Å²) in [4.78, 5) is 12.0. The molecule has 0 fully saturated rings. The van der Waals surface area contributed by atoms with E-state index in [1.807, 2.05) is 6.92 Å². The number of nitrogens with two attached hydrogens (primary N) is 1. The van der Waals surface area contributed by atoms with Crippen LogP contribution in [0.15, 0.2) is 29.2 Å². The predicted octanol–water partition coefficient (Wildman–Crippen LogP) is 3.43. The average molecular weight is 417 g/mol. The standard InChI is InChI=1S/C20H24N4O2S2/c1-12-3-8-16-17(11-12)27-20-18(16)19(23-13(2)24-20)22-10-9-14-4-6-15(7-5-14)28(21,25)26/h4-7,12H,3,8-11H2,1-2H3,(H2,21,25,26)(H,22,23,24). The first kappa shape index (κ1) is 19.3. The molecule has 0 saturated carbocycles. The van der Waals surface area contributed by atoms with Crippen LogP contribution in [0.3, 0.4) is 0 Å². The number of primary sulfonamides is 1. The monoisotopic (exact) mass is 416 g/mol. The Morgan fingerprint density at radius 1 is 1.25 bits per heavy atom. The minimum Gasteiger partial charge on any atom is -0.369 e. The highest BCUT2D eigenvalue weighted by Gasteiger charge is 2.23. The van der Waals surface area contributed by atoms with Crippen molar-refractivity contribution in [3.8, 4) is 0 Å². The van der Waals surface area contributed by atoms with Crippen molar-refractivity contribution in [3.63, 3.8) is 0 Å². The predicted molar refractivity (Wildman–Crippen MR) is 113 cm³/mol. The van der Waals surface area contributed by atoms with Gasteiger partial charge in [-0.1, -0.05) is 19.1 Å². The van der Waals surface area contributed by atoms with Gasteiger partial charge in [0.15, 0.2) is 0 Å². The van der Waals surface area contributed by atoms with Gasteiger partial charge in [-0.05, 0) is 61.8 Å². The zero-order chi connectivity index (χ0) is 19.9. The number of nitrogens with zero attached hydrogens (tertiary/aromatic N) is 2. The van der Waals surface area contributed by atoms with Gasteiger partial charge in [-0.3, -0.25) is 0 Å². The summed E-state index contributed by atoms with van der Waals surface area (Å²) >= 11 is 1.81. The van der Waals surface area contributed by atoms with E-state index in [-0.39, 0.29) is 4.90 Å². The second-order valence-corrected chi connectivity index (χ2v) is 10.2. The van der Waals surface area contributed by atoms with E-state index in [1.54, 1.807) is 35.6 Å². The molecule has 0 aliphatic heterocycles. The minimum atomic E-state index is -3.65. The fourth-order valence-electron chi connectivity index (χ4n) is 3.75. The van der Waals surface area contributed by atoms with Gasteiger partial charge in [-0.15, -0.1) is 11.3 Å². The summed E-state index contributed by atoms with van der Waals surface area (Å²) in [5.41, 5.74) is 2.46. The Labute approximate surface area is 169 Å². The lowest BCUT2D eigenvalue weighted by atomic mass is 9.89. The highest BCUT2D eigenvalue weighted by molar-refractivity contribution is 7.89. The lowest BCUT2D eigenvalue weighted by Crippen LogP contribution is -2.12. The second-order valence-electron chi connectivity index (χ2n) is 7.52. The molecule has 1 atom stereocenters. The molecule has 148 valence electrons. The minimum absolute atomic E-state index is 0.136. The van der Waals surface area contributed by atoms with Crippen LogP contribution in [0.25, 0.3) is 10.2 Å². The molecule has 1 unspecified atom stereocenters. The molecule has 8 heteroatoms. The third kappa shape index (κ3) is 3.90. The topological polar surface area (TPSA) is 98.0 Å². The van der Waals surface area contributed by atoms with Gasteiger partial charge in [0.05, 0.1) is 10.3 Å². The van der Waals surface area contributed by atoms with E-state index in [9.17, 15) is 8.42 Å². The van der Waals surface area contributed by atoms with Gasteiger partial charge in [0.2, 0.25) is 10.0 Å². The second kappa shape index (κ2) is 7.42. The number of anilines is 1. The lowest BCUT2D eigenvalue weighted by molar-refractivity contribution is 0.509. The molecular weight excluding hydrogens is 392 g/mol. The Morgan fingerprint density at radius 2 is 2.00 bits per heavy atom. The zero-order valence-electron chi connectivity index (χ0n) is 16.0. The van der Waals surface area contributed by atoms with E-state index in [0.717, 1.165) is 47.2 Å². The van der Waals surface area contributed by atoms with Gasteiger partial charge in [0, 0.05) is 11.4 Å². The number of sulfonamides is 1. The van der Waals surface area contributed by atoms with Crippen LogP contribution in [0.4, 0.5) is 5.82 Å². The molecule has 3 aromatic rings. The summed E-state index contributed by atoms with van der Waals surface area (Å²) in [7, 11) is -3.65. The number of fused-ring (bicyclic) bond motifs is 3. The molecule has 1 aliphatic rings. The molecule has 1 aliphatic carbocycles. The number of hydrogen-bond donors (Lipinski definition) is 2. The number of aromatic nitrogens is 2. The van der Waals surface area contributed by atoms with Crippen LogP contribution >= 0.6 is 11.3 Å². The Balaban J connectivity index is 1.53. The molecule has 0 saturated heterocycles. The molecule has 0 amide bonds. The normalized spacial score (nSPS) is 16.9. The Morgan fingerprint density at radius 3 is 2.71 bits per heavy atom. The number of benzene rings is 1. The van der Waals surface area contributed by atoms with Gasteiger partial charge in [0.1, 0.15) is 16.5 Å². The summed E-state index contributed by atoms with van der Waals surface area (Å²) in [6.07, 6.45) is 4.19. The van der Waals surface area contributed by atoms with E-state index in [1.165, 1.54) is 22.2 Å². The van der Waals surface area contributed by atoms with Crippen molar-refractivity contribution in [2.75, 3.05) is 11.9 Å². The Hall–Kier alpha value is -2.03. The van der Waals surface area contributed by atoms with Gasteiger partial charge < -0.3 is 5.32 Å². The quantitative estimate of drug-likeness (QED) is 0.664. The first-order chi connectivity index (χ1) is 13.3. The van der Waals surface area contributed by atoms with Crippen molar-refractivity contribution in [3.05, 3.63) is 46.1 Å². The van der Waals surface area contributed by atoms with Crippen molar-refractivity contribution in [2.24, 2.45) is 11.1 Å². The SMILES string of the molecule is Cc1nc(NCCc2ccc(S(N)(=O)=O)cc2)c2c3c(sc2n1)CC(C)CC3. The molecule has 3 N–H and O–H groups in total. The third-order valence-electron chi connectivity index (χ3n) is 5.22. The molecule has 2 heterocycles. The average Bonchev–Trinajstić information content (AvgIpc) is 2.98. The van der Waals surface area contributed by atoms with Gasteiger partial charge in [0.25, 0.3) is 0 Å². The summed E-state index contributed by atoms with van der Waals surface area (Å²) in [5.74, 6) is 2.42. The Bertz CT molecular complexity index is 1120. The number of hydrogen-bond acceptors (Lipinski definition) is 6. The molecule has 4 rings (SSSR count). The van der Waals surface area contributed by atoms with Crippen molar-refractivity contribution in [1.82, 2.24) is 9.97 Å². The summed E-state index contributed by atoms with van der Waals surface area (Å²) in [5, 5.41) is 9.82. The molecule has 28 heavy (non-hydrogen) atoms. The van der Waals surface area contributed by atoms with Crippen molar-refractivity contribution in [2.45, 2.75) is 44.4 Å². The highest BCUT2D eigenvalue weighted by Crippen LogP contribution is 2.39. The largest absolute Gasteiger partial charge is 0.369 e. The van der Waals surface area contributed by atoms with Crippen LogP contribution in [-0.2, 0) is 29.3 Å². The number of rotatable bonds is 5. The maximum absolute atomic E-state index is 11.4. The van der Waals surface area contributed by atoms with E-state index in [0.29, 0.717) is 6.54 Å². The van der Waals surface area contributed by atoms with Crippen LogP contribution in [0.5, 0.6) is 0 Å². The molecule has 0 spiro atoms. The lowest BCUT2D eigenvalue weighted by Gasteiger charge is -2.18. The van der Waals surface area contributed by atoms with Crippen LogP contribution in [0, 0.1) is 12.8 Å². The van der Waals surface area contributed by atoms with E-state index >= 15 is 0 Å². The molecule has 1 aromatic carbocycles.